The molecule has 8 nitrogen and oxygen atoms in total. The Labute approximate surface area is 195 Å². The second kappa shape index (κ2) is 7.70. The Morgan fingerprint density at radius 3 is 2.12 bits per heavy atom. The zero-order valence-corrected chi connectivity index (χ0v) is 20.1. The zero-order chi connectivity index (χ0) is 23.7. The third-order valence-corrected chi connectivity index (χ3v) is 8.75. The van der Waals surface area contributed by atoms with Gasteiger partial charge in [0.2, 0.25) is 5.91 Å². The first kappa shape index (κ1) is 22.7. The topological polar surface area (TPSA) is 102 Å². The first-order chi connectivity index (χ1) is 15.5. The maximum absolute atomic E-state index is 14.2. The number of amides is 2. The molecule has 6 aliphatic rings. The lowest BCUT2D eigenvalue weighted by Crippen LogP contribution is -2.65. The van der Waals surface area contributed by atoms with Crippen molar-refractivity contribution in [2.75, 3.05) is 7.11 Å². The van der Waals surface area contributed by atoms with Gasteiger partial charge in [-0.25, -0.2) is 9.59 Å². The van der Waals surface area contributed by atoms with Crippen molar-refractivity contribution < 1.29 is 28.7 Å². The van der Waals surface area contributed by atoms with Gasteiger partial charge in [0, 0.05) is 17.9 Å². The monoisotopic (exact) mass is 460 g/mol. The first-order valence-corrected chi connectivity index (χ1v) is 12.4. The minimum absolute atomic E-state index is 0.0194. The largest absolute Gasteiger partial charge is 0.467 e. The molecule has 4 atom stereocenters. The van der Waals surface area contributed by atoms with E-state index in [9.17, 15) is 19.2 Å². The molecule has 182 valence electrons. The molecule has 6 fully saturated rings. The van der Waals surface area contributed by atoms with E-state index < -0.39 is 35.7 Å². The highest BCUT2D eigenvalue weighted by Crippen LogP contribution is 2.61. The average molecular weight is 461 g/mol. The van der Waals surface area contributed by atoms with Crippen molar-refractivity contribution in [1.82, 2.24) is 10.2 Å². The zero-order valence-electron chi connectivity index (χ0n) is 20.1. The SMILES string of the molecule is COC(=O)[C@@H]1[C@@H]2C[C@@H](CC2=O)N1C(=O)[C@@H](NC(=O)OC(C)(C)C)C12CC3CC(CC(C3)C1)C2. The van der Waals surface area contributed by atoms with Crippen LogP contribution in [0.3, 0.4) is 0 Å². The summed E-state index contributed by atoms with van der Waals surface area (Å²) in [5.74, 6) is 0.458. The number of ether oxygens (including phenoxy) is 2. The summed E-state index contributed by atoms with van der Waals surface area (Å²) < 4.78 is 10.5. The lowest BCUT2D eigenvalue weighted by Gasteiger charge is -2.59. The Morgan fingerprint density at radius 1 is 1.03 bits per heavy atom. The highest BCUT2D eigenvalue weighted by atomic mass is 16.6. The maximum atomic E-state index is 14.2. The molecular formula is C25H36N2O6. The van der Waals surface area contributed by atoms with E-state index in [1.807, 2.05) is 0 Å². The molecule has 2 amide bonds. The van der Waals surface area contributed by atoms with Crippen LogP contribution in [0.1, 0.15) is 72.1 Å². The molecule has 0 spiro atoms. The summed E-state index contributed by atoms with van der Waals surface area (Å²) in [7, 11) is 1.29. The molecule has 6 bridgehead atoms. The van der Waals surface area contributed by atoms with Crippen molar-refractivity contribution in [2.24, 2.45) is 29.1 Å². The molecule has 0 radical (unpaired) electrons. The van der Waals surface area contributed by atoms with Crippen LogP contribution in [0.4, 0.5) is 4.79 Å². The van der Waals surface area contributed by atoms with Gasteiger partial charge in [0.1, 0.15) is 23.5 Å². The van der Waals surface area contributed by atoms with Gasteiger partial charge in [0.15, 0.2) is 0 Å². The highest BCUT2D eigenvalue weighted by molar-refractivity contribution is 5.98. The Bertz CT molecular complexity index is 841. The fraction of sp³-hybridized carbons (Fsp3) is 0.840. The fourth-order valence-corrected chi connectivity index (χ4v) is 8.13. The predicted molar refractivity (Wildman–Crippen MR) is 118 cm³/mol. The second-order valence-electron chi connectivity index (χ2n) is 12.2. The number of methoxy groups -OCH3 is 1. The van der Waals surface area contributed by atoms with E-state index in [2.05, 4.69) is 5.32 Å². The number of nitrogens with one attached hydrogen (secondary N) is 1. The minimum atomic E-state index is -0.898. The van der Waals surface area contributed by atoms with Crippen LogP contribution >= 0.6 is 0 Å². The summed E-state index contributed by atoms with van der Waals surface area (Å²) in [6.07, 6.45) is 6.51. The number of hydrogen-bond donors (Lipinski definition) is 1. The van der Waals surface area contributed by atoms with Gasteiger partial charge in [-0.05, 0) is 83.5 Å². The van der Waals surface area contributed by atoms with E-state index in [1.165, 1.54) is 26.4 Å². The maximum Gasteiger partial charge on any atom is 0.408 e. The van der Waals surface area contributed by atoms with E-state index in [4.69, 9.17) is 9.47 Å². The molecule has 0 aromatic rings. The molecule has 0 aromatic heterocycles. The van der Waals surface area contributed by atoms with Crippen molar-refractivity contribution in [3.05, 3.63) is 0 Å². The summed E-state index contributed by atoms with van der Waals surface area (Å²) in [6, 6.07) is -1.97. The number of Topliss-reactive ketones (excluding diaryl/α,β-unsaturated/α-hetero) is 1. The number of nitrogens with zero attached hydrogens (tertiary/aromatic N) is 1. The number of carbonyl (C=O) groups is 4. The van der Waals surface area contributed by atoms with Gasteiger partial charge in [0.05, 0.1) is 13.0 Å². The molecule has 0 aromatic carbocycles. The first-order valence-electron chi connectivity index (χ1n) is 12.4. The molecule has 6 rings (SSSR count). The molecule has 1 saturated heterocycles. The van der Waals surface area contributed by atoms with Crippen LogP contribution in [-0.2, 0) is 23.9 Å². The number of piperidine rings is 1. The predicted octanol–water partition coefficient (Wildman–Crippen LogP) is 2.83. The van der Waals surface area contributed by atoms with Gasteiger partial charge in [-0.2, -0.15) is 0 Å². The van der Waals surface area contributed by atoms with Crippen LogP contribution in [0.5, 0.6) is 0 Å². The molecule has 1 heterocycles. The van der Waals surface area contributed by atoms with Gasteiger partial charge >= 0.3 is 12.1 Å². The second-order valence-corrected chi connectivity index (χ2v) is 12.2. The quantitative estimate of drug-likeness (QED) is 0.648. The Morgan fingerprint density at radius 2 is 1.61 bits per heavy atom. The van der Waals surface area contributed by atoms with Gasteiger partial charge < -0.3 is 19.7 Å². The lowest BCUT2D eigenvalue weighted by molar-refractivity contribution is -0.162. The number of fused-ring (bicyclic) bond motifs is 2. The summed E-state index contributed by atoms with van der Waals surface area (Å²) >= 11 is 0. The van der Waals surface area contributed by atoms with Crippen LogP contribution in [0.15, 0.2) is 0 Å². The summed E-state index contributed by atoms with van der Waals surface area (Å²) in [5.41, 5.74) is -1.01. The summed E-state index contributed by atoms with van der Waals surface area (Å²) in [4.78, 5) is 53.8. The number of carbonyl (C=O) groups excluding carboxylic acids is 4. The number of likely N-dealkylation sites (tertiary alicyclic amines) is 1. The molecular weight excluding hydrogens is 424 g/mol. The highest BCUT2D eigenvalue weighted by Gasteiger charge is 2.62. The molecule has 5 aliphatic carbocycles. The van der Waals surface area contributed by atoms with E-state index >= 15 is 0 Å². The number of alkyl carbamates (subject to hydrolysis) is 1. The summed E-state index contributed by atoms with van der Waals surface area (Å²) in [6.45, 7) is 5.39. The number of esters is 1. The van der Waals surface area contributed by atoms with Gasteiger partial charge in [-0.1, -0.05) is 0 Å². The average Bonchev–Trinajstić information content (AvgIpc) is 3.25. The molecule has 0 unspecified atom stereocenters. The molecule has 5 saturated carbocycles. The van der Waals surface area contributed by atoms with Crippen molar-refractivity contribution in [3.63, 3.8) is 0 Å². The van der Waals surface area contributed by atoms with Crippen molar-refractivity contribution >= 4 is 23.8 Å². The Kier molecular flexibility index (Phi) is 5.29. The van der Waals surface area contributed by atoms with Crippen molar-refractivity contribution in [3.8, 4) is 0 Å². The Hall–Kier alpha value is -2.12. The fourth-order valence-electron chi connectivity index (χ4n) is 8.13. The normalized spacial score (nSPS) is 39.5. The van der Waals surface area contributed by atoms with Gasteiger partial charge in [-0.15, -0.1) is 0 Å². The number of hydrogen-bond acceptors (Lipinski definition) is 6. The molecule has 1 aliphatic heterocycles. The summed E-state index contributed by atoms with van der Waals surface area (Å²) in [5, 5.41) is 2.97. The third-order valence-electron chi connectivity index (χ3n) is 8.75. The van der Waals surface area contributed by atoms with E-state index in [-0.39, 0.29) is 29.6 Å². The molecule has 8 heteroatoms. The van der Waals surface area contributed by atoms with Gasteiger partial charge in [0.25, 0.3) is 0 Å². The van der Waals surface area contributed by atoms with Crippen molar-refractivity contribution in [2.45, 2.75) is 95.9 Å². The molecule has 33 heavy (non-hydrogen) atoms. The van der Waals surface area contributed by atoms with Crippen LogP contribution in [0.25, 0.3) is 0 Å². The van der Waals surface area contributed by atoms with E-state index in [0.29, 0.717) is 24.2 Å². The minimum Gasteiger partial charge on any atom is -0.467 e. The van der Waals surface area contributed by atoms with E-state index in [0.717, 1.165) is 19.3 Å². The molecule has 1 N–H and O–H groups in total. The van der Waals surface area contributed by atoms with Crippen LogP contribution in [-0.4, -0.2) is 59.5 Å². The van der Waals surface area contributed by atoms with Gasteiger partial charge in [-0.3, -0.25) is 9.59 Å². The smallest absolute Gasteiger partial charge is 0.408 e. The lowest BCUT2D eigenvalue weighted by atomic mass is 9.47. The van der Waals surface area contributed by atoms with Crippen LogP contribution in [0.2, 0.25) is 0 Å². The number of ketones is 1. The number of rotatable bonds is 4. The third kappa shape index (κ3) is 3.83. The van der Waals surface area contributed by atoms with Crippen LogP contribution in [0, 0.1) is 29.1 Å². The standard InChI is InChI=1S/C25H36N2O6/c1-24(2,3)33-23(31)26-20(25-10-13-5-14(11-25)7-15(6-13)12-25)21(29)27-16-8-17(18(28)9-16)19(27)22(30)32-4/h13-17,19-20H,5-12H2,1-4H3,(H,26,31)/t13?,14?,15?,16-,17+,19-,20+,25?/m0/s1. The van der Waals surface area contributed by atoms with Crippen LogP contribution < -0.4 is 5.32 Å². The van der Waals surface area contributed by atoms with E-state index in [1.54, 1.807) is 25.7 Å². The van der Waals surface area contributed by atoms with Crippen molar-refractivity contribution in [1.29, 1.82) is 0 Å². The Balaban J connectivity index is 1.48.